The summed E-state index contributed by atoms with van der Waals surface area (Å²) in [5.41, 5.74) is 3.10. The van der Waals surface area contributed by atoms with Crippen molar-refractivity contribution < 1.29 is 14.3 Å². The van der Waals surface area contributed by atoms with Gasteiger partial charge in [0.15, 0.2) is 0 Å². The van der Waals surface area contributed by atoms with Gasteiger partial charge in [-0.2, -0.15) is 0 Å². The highest BCUT2D eigenvalue weighted by atomic mass is 16.5. The Labute approximate surface area is 171 Å². The van der Waals surface area contributed by atoms with Crippen LogP contribution < -0.4 is 10.2 Å². The molecule has 2 aliphatic heterocycles. The molecule has 0 radical (unpaired) electrons. The predicted molar refractivity (Wildman–Crippen MR) is 113 cm³/mol. The second-order valence-electron chi connectivity index (χ2n) is 7.61. The van der Waals surface area contributed by atoms with Crippen LogP contribution in [0.2, 0.25) is 0 Å². The maximum absolute atomic E-state index is 12.6. The van der Waals surface area contributed by atoms with Crippen molar-refractivity contribution in [3.63, 3.8) is 0 Å². The molecule has 6 nitrogen and oxygen atoms in total. The zero-order valence-electron chi connectivity index (χ0n) is 16.5. The van der Waals surface area contributed by atoms with Crippen molar-refractivity contribution in [2.24, 2.45) is 5.92 Å². The summed E-state index contributed by atoms with van der Waals surface area (Å²) < 4.78 is 5.38. The van der Waals surface area contributed by atoms with Crippen LogP contribution in [0.15, 0.2) is 54.6 Å². The van der Waals surface area contributed by atoms with Gasteiger partial charge in [-0.3, -0.25) is 9.59 Å². The Morgan fingerprint density at radius 2 is 1.76 bits per heavy atom. The highest BCUT2D eigenvalue weighted by Crippen LogP contribution is 2.22. The minimum Gasteiger partial charge on any atom is -0.378 e. The first-order valence-corrected chi connectivity index (χ1v) is 10.2. The molecule has 2 aliphatic rings. The topological polar surface area (TPSA) is 61.9 Å². The van der Waals surface area contributed by atoms with Crippen LogP contribution in [0.25, 0.3) is 0 Å². The number of rotatable bonds is 6. The Hall–Kier alpha value is -2.86. The number of ether oxygens (including phenoxy) is 1. The molecule has 6 heteroatoms. The van der Waals surface area contributed by atoms with Gasteiger partial charge in [0, 0.05) is 44.0 Å². The summed E-state index contributed by atoms with van der Waals surface area (Å²) in [4.78, 5) is 29.0. The summed E-state index contributed by atoms with van der Waals surface area (Å²) in [7, 11) is 0. The predicted octanol–water partition coefficient (Wildman–Crippen LogP) is 2.55. The lowest BCUT2D eigenvalue weighted by Gasteiger charge is -2.28. The molecule has 1 unspecified atom stereocenters. The van der Waals surface area contributed by atoms with Gasteiger partial charge in [-0.05, 0) is 36.2 Å². The van der Waals surface area contributed by atoms with E-state index in [4.69, 9.17) is 4.74 Å². The SMILES string of the molecule is O=C(Nc1ccc(N2CCOCC2)cc1)C1CC(=O)N(CCc2ccccc2)C1. The van der Waals surface area contributed by atoms with E-state index in [0.29, 0.717) is 13.1 Å². The molecule has 0 bridgehead atoms. The number of carbonyl (C=O) groups is 2. The second-order valence-corrected chi connectivity index (χ2v) is 7.61. The van der Waals surface area contributed by atoms with E-state index in [1.54, 1.807) is 4.90 Å². The molecule has 0 spiro atoms. The highest BCUT2D eigenvalue weighted by Gasteiger charge is 2.34. The molecule has 1 N–H and O–H groups in total. The number of benzene rings is 2. The molecule has 2 fully saturated rings. The highest BCUT2D eigenvalue weighted by molar-refractivity contribution is 5.97. The molecule has 1 atom stereocenters. The first-order valence-electron chi connectivity index (χ1n) is 10.2. The summed E-state index contributed by atoms with van der Waals surface area (Å²) >= 11 is 0. The van der Waals surface area contributed by atoms with Crippen LogP contribution in [-0.4, -0.2) is 56.1 Å². The van der Waals surface area contributed by atoms with E-state index in [1.165, 1.54) is 5.56 Å². The van der Waals surface area contributed by atoms with Crippen molar-refractivity contribution in [2.75, 3.05) is 49.6 Å². The molecule has 0 aliphatic carbocycles. The molecule has 2 amide bonds. The van der Waals surface area contributed by atoms with Gasteiger partial charge in [0.2, 0.25) is 11.8 Å². The Kier molecular flexibility index (Phi) is 6.10. The number of morpholine rings is 1. The third-order valence-corrected chi connectivity index (χ3v) is 5.61. The van der Waals surface area contributed by atoms with Crippen molar-refractivity contribution in [3.8, 4) is 0 Å². The van der Waals surface area contributed by atoms with Crippen LogP contribution >= 0.6 is 0 Å². The number of nitrogens with one attached hydrogen (secondary N) is 1. The number of nitrogens with zero attached hydrogens (tertiary/aromatic N) is 2. The van der Waals surface area contributed by atoms with E-state index in [0.717, 1.165) is 44.1 Å². The smallest absolute Gasteiger partial charge is 0.229 e. The molecular formula is C23H27N3O3. The lowest BCUT2D eigenvalue weighted by molar-refractivity contribution is -0.128. The summed E-state index contributed by atoms with van der Waals surface area (Å²) in [6.45, 7) is 4.40. The third kappa shape index (κ3) is 4.95. The van der Waals surface area contributed by atoms with Gasteiger partial charge in [0.05, 0.1) is 19.1 Å². The standard InChI is InChI=1S/C23H27N3O3/c27-22-16-19(17-26(22)11-10-18-4-2-1-3-5-18)23(28)24-20-6-8-21(9-7-20)25-12-14-29-15-13-25/h1-9,19H,10-17H2,(H,24,28). The molecule has 2 saturated heterocycles. The van der Waals surface area contributed by atoms with E-state index in [1.807, 2.05) is 42.5 Å². The van der Waals surface area contributed by atoms with Crippen LogP contribution in [0.3, 0.4) is 0 Å². The quantitative estimate of drug-likeness (QED) is 0.819. The van der Waals surface area contributed by atoms with Gasteiger partial charge in [0.1, 0.15) is 0 Å². The Balaban J connectivity index is 1.29. The monoisotopic (exact) mass is 393 g/mol. The van der Waals surface area contributed by atoms with Crippen molar-refractivity contribution in [1.82, 2.24) is 4.90 Å². The van der Waals surface area contributed by atoms with Crippen molar-refractivity contribution in [1.29, 1.82) is 0 Å². The van der Waals surface area contributed by atoms with E-state index >= 15 is 0 Å². The van der Waals surface area contributed by atoms with Crippen LogP contribution in [0.5, 0.6) is 0 Å². The number of carbonyl (C=O) groups excluding carboxylic acids is 2. The van der Waals surface area contributed by atoms with Gasteiger partial charge in [-0.25, -0.2) is 0 Å². The van der Waals surface area contributed by atoms with Gasteiger partial charge < -0.3 is 19.9 Å². The largest absolute Gasteiger partial charge is 0.378 e. The number of amides is 2. The zero-order valence-corrected chi connectivity index (χ0v) is 16.5. The number of hydrogen-bond acceptors (Lipinski definition) is 4. The molecule has 0 aromatic heterocycles. The lowest BCUT2D eigenvalue weighted by atomic mass is 10.1. The second kappa shape index (κ2) is 9.09. The van der Waals surface area contributed by atoms with Crippen LogP contribution in [0.4, 0.5) is 11.4 Å². The fraction of sp³-hybridized carbons (Fsp3) is 0.391. The van der Waals surface area contributed by atoms with E-state index < -0.39 is 0 Å². The van der Waals surface area contributed by atoms with Crippen molar-refractivity contribution in [2.45, 2.75) is 12.8 Å². The van der Waals surface area contributed by atoms with Gasteiger partial charge >= 0.3 is 0 Å². The van der Waals surface area contributed by atoms with E-state index in [-0.39, 0.29) is 24.2 Å². The van der Waals surface area contributed by atoms with Gasteiger partial charge in [0.25, 0.3) is 0 Å². The lowest BCUT2D eigenvalue weighted by Crippen LogP contribution is -2.36. The minimum absolute atomic E-state index is 0.0590. The van der Waals surface area contributed by atoms with Crippen molar-refractivity contribution >= 4 is 23.2 Å². The zero-order chi connectivity index (χ0) is 20.1. The van der Waals surface area contributed by atoms with Crippen LogP contribution in [-0.2, 0) is 20.7 Å². The fourth-order valence-corrected chi connectivity index (χ4v) is 3.89. The Morgan fingerprint density at radius 1 is 1.03 bits per heavy atom. The first-order chi connectivity index (χ1) is 14.2. The molecule has 4 rings (SSSR count). The van der Waals surface area contributed by atoms with Crippen LogP contribution in [0.1, 0.15) is 12.0 Å². The average molecular weight is 393 g/mol. The average Bonchev–Trinajstić information content (AvgIpc) is 3.15. The Morgan fingerprint density at radius 3 is 2.48 bits per heavy atom. The molecular weight excluding hydrogens is 366 g/mol. The van der Waals surface area contributed by atoms with Gasteiger partial charge in [-0.1, -0.05) is 30.3 Å². The molecule has 2 heterocycles. The third-order valence-electron chi connectivity index (χ3n) is 5.61. The summed E-state index contributed by atoms with van der Waals surface area (Å²) in [6, 6.07) is 18.0. The first kappa shape index (κ1) is 19.5. The fourth-order valence-electron chi connectivity index (χ4n) is 3.89. The van der Waals surface area contributed by atoms with E-state index in [9.17, 15) is 9.59 Å². The molecule has 152 valence electrons. The normalized spacial score (nSPS) is 19.4. The van der Waals surface area contributed by atoms with Crippen LogP contribution in [0, 0.1) is 5.92 Å². The number of anilines is 2. The molecule has 2 aromatic carbocycles. The molecule has 29 heavy (non-hydrogen) atoms. The van der Waals surface area contributed by atoms with E-state index in [2.05, 4.69) is 22.3 Å². The minimum atomic E-state index is -0.294. The van der Waals surface area contributed by atoms with Gasteiger partial charge in [-0.15, -0.1) is 0 Å². The summed E-state index contributed by atoms with van der Waals surface area (Å²) in [5, 5.41) is 2.97. The maximum atomic E-state index is 12.6. The molecule has 0 saturated carbocycles. The summed E-state index contributed by atoms with van der Waals surface area (Å²) in [6.07, 6.45) is 1.09. The number of hydrogen-bond donors (Lipinski definition) is 1. The molecule has 2 aromatic rings. The van der Waals surface area contributed by atoms with Crippen molar-refractivity contribution in [3.05, 3.63) is 60.2 Å². The Bertz CT molecular complexity index is 832. The maximum Gasteiger partial charge on any atom is 0.229 e. The number of likely N-dealkylation sites (tertiary alicyclic amines) is 1. The summed E-state index contributed by atoms with van der Waals surface area (Å²) in [5.74, 6) is -0.319.